The minimum absolute atomic E-state index is 0.000638. The van der Waals surface area contributed by atoms with Crippen LogP contribution in [0.25, 0.3) is 0 Å². The van der Waals surface area contributed by atoms with E-state index in [0.717, 1.165) is 17.8 Å². The molecule has 1 fully saturated rings. The van der Waals surface area contributed by atoms with E-state index < -0.39 is 0 Å². The molecule has 2 aromatic rings. The van der Waals surface area contributed by atoms with E-state index in [1.165, 1.54) is 0 Å². The lowest BCUT2D eigenvalue weighted by Gasteiger charge is -2.11. The summed E-state index contributed by atoms with van der Waals surface area (Å²) < 4.78 is 7.54. The summed E-state index contributed by atoms with van der Waals surface area (Å²) in [4.78, 5) is 20.2. The van der Waals surface area contributed by atoms with Gasteiger partial charge in [0.1, 0.15) is 6.04 Å². The highest BCUT2D eigenvalue weighted by Crippen LogP contribution is 2.26. The van der Waals surface area contributed by atoms with Crippen LogP contribution in [0.5, 0.6) is 5.88 Å². The maximum Gasteiger partial charge on any atom is 0.244 e. The topological polar surface area (TPSA) is 94.0 Å². The first-order chi connectivity index (χ1) is 11.6. The van der Waals surface area contributed by atoms with Gasteiger partial charge < -0.3 is 15.4 Å². The highest BCUT2D eigenvalue weighted by molar-refractivity contribution is 9.10. The van der Waals surface area contributed by atoms with Gasteiger partial charge in [0.2, 0.25) is 17.7 Å². The number of ether oxygens (including phenoxy) is 1. The molecule has 0 radical (unpaired) electrons. The minimum atomic E-state index is -0.254. The van der Waals surface area contributed by atoms with Crippen LogP contribution in [-0.4, -0.2) is 39.3 Å². The Morgan fingerprint density at radius 3 is 2.79 bits per heavy atom. The van der Waals surface area contributed by atoms with Gasteiger partial charge in [0.05, 0.1) is 35.4 Å². The largest absolute Gasteiger partial charge is 0.480 e. The molecule has 1 atom stereocenters. The number of amides is 1. The fourth-order valence-electron chi connectivity index (χ4n) is 2.35. The van der Waals surface area contributed by atoms with Crippen molar-refractivity contribution in [1.29, 1.82) is 0 Å². The molecule has 1 unspecified atom stereocenters. The first-order valence-electron chi connectivity index (χ1n) is 7.75. The fourth-order valence-corrected chi connectivity index (χ4v) is 2.70. The first-order valence-corrected chi connectivity index (χ1v) is 8.55. The molecule has 1 aliphatic heterocycles. The van der Waals surface area contributed by atoms with Gasteiger partial charge in [0.25, 0.3) is 0 Å². The number of hydrogen-bond acceptors (Lipinski definition) is 6. The van der Waals surface area contributed by atoms with Crippen LogP contribution in [0.2, 0.25) is 0 Å². The number of carbonyl (C=O) groups is 1. The normalized spacial score (nSPS) is 16.2. The molecule has 8 nitrogen and oxygen atoms in total. The second kappa shape index (κ2) is 8.09. The number of nitrogens with zero attached hydrogens (tertiary/aromatic N) is 4. The number of hydrogen-bond donors (Lipinski definition) is 2. The Kier molecular flexibility index (Phi) is 6.13. The van der Waals surface area contributed by atoms with Crippen LogP contribution in [0, 0.1) is 6.92 Å². The molecule has 0 aromatic carbocycles. The minimum Gasteiger partial charge on any atom is -0.480 e. The highest BCUT2D eigenvalue weighted by atomic mass is 79.9. The van der Waals surface area contributed by atoms with Gasteiger partial charge in [0, 0.05) is 6.54 Å². The lowest BCUT2D eigenvalue weighted by Crippen LogP contribution is -2.23. The molecular weight excluding hydrogens is 376 g/mol. The summed E-state index contributed by atoms with van der Waals surface area (Å²) in [6.07, 6.45) is 4.01. The van der Waals surface area contributed by atoms with Crippen molar-refractivity contribution in [3.8, 4) is 5.88 Å². The maximum absolute atomic E-state index is 11.8. The summed E-state index contributed by atoms with van der Waals surface area (Å²) in [6.45, 7) is 6.58. The van der Waals surface area contributed by atoms with Crippen molar-refractivity contribution in [2.45, 2.75) is 33.2 Å². The third-order valence-corrected chi connectivity index (χ3v) is 4.06. The van der Waals surface area contributed by atoms with Crippen LogP contribution >= 0.6 is 15.9 Å². The predicted octanol–water partition coefficient (Wildman–Crippen LogP) is 2.58. The Bertz CT molecular complexity index is 718. The van der Waals surface area contributed by atoms with Crippen molar-refractivity contribution in [1.82, 2.24) is 25.1 Å². The molecule has 3 rings (SSSR count). The molecule has 24 heavy (non-hydrogen) atoms. The molecule has 1 aliphatic rings. The van der Waals surface area contributed by atoms with Crippen LogP contribution in [0.15, 0.2) is 16.9 Å². The maximum atomic E-state index is 11.8. The van der Waals surface area contributed by atoms with Gasteiger partial charge in [-0.15, -0.1) is 0 Å². The van der Waals surface area contributed by atoms with Crippen LogP contribution in [0.4, 0.5) is 11.6 Å². The first kappa shape index (κ1) is 18.2. The zero-order chi connectivity index (χ0) is 17.7. The predicted molar refractivity (Wildman–Crippen MR) is 94.5 cm³/mol. The number of rotatable bonds is 4. The second-order valence-electron chi connectivity index (χ2n) is 4.86. The van der Waals surface area contributed by atoms with Crippen molar-refractivity contribution in [3.63, 3.8) is 0 Å². The van der Waals surface area contributed by atoms with Crippen molar-refractivity contribution in [2.24, 2.45) is 0 Å². The standard InChI is InChI=1S/C13H15BrN6O2.C2H6/c1-7-9(6-17-20(7)10-3-4-15-11(10)21)18-13-16-5-8(14)12(19-13)22-2;1-2/h5-6,10H,3-4H2,1-2H3,(H,15,21)(H,16,18,19);1-2H3. The SMILES string of the molecule is CC.COc1nc(Nc2cnn(C3CCNC3=O)c2C)ncc1Br. The van der Waals surface area contributed by atoms with Gasteiger partial charge in [-0.2, -0.15) is 10.1 Å². The van der Waals surface area contributed by atoms with E-state index in [2.05, 4.69) is 41.6 Å². The van der Waals surface area contributed by atoms with Crippen LogP contribution < -0.4 is 15.4 Å². The number of carbonyl (C=O) groups excluding carboxylic acids is 1. The molecular formula is C15H21BrN6O2. The summed E-state index contributed by atoms with van der Waals surface area (Å²) in [5.74, 6) is 0.843. The molecule has 3 heterocycles. The van der Waals surface area contributed by atoms with E-state index in [4.69, 9.17) is 4.74 Å². The quantitative estimate of drug-likeness (QED) is 0.824. The van der Waals surface area contributed by atoms with Crippen molar-refractivity contribution < 1.29 is 9.53 Å². The van der Waals surface area contributed by atoms with E-state index >= 15 is 0 Å². The average Bonchev–Trinajstić information content (AvgIpc) is 3.17. The molecule has 0 bridgehead atoms. The van der Waals surface area contributed by atoms with Crippen LogP contribution in [-0.2, 0) is 4.79 Å². The van der Waals surface area contributed by atoms with Gasteiger partial charge in [-0.25, -0.2) is 4.98 Å². The van der Waals surface area contributed by atoms with Crippen molar-refractivity contribution >= 4 is 33.5 Å². The molecule has 130 valence electrons. The molecule has 2 aromatic heterocycles. The van der Waals surface area contributed by atoms with E-state index in [1.807, 2.05) is 20.8 Å². The Balaban J connectivity index is 0.00000100. The van der Waals surface area contributed by atoms with Crippen LogP contribution in [0.1, 0.15) is 32.0 Å². The number of methoxy groups -OCH3 is 1. The smallest absolute Gasteiger partial charge is 0.244 e. The fraction of sp³-hybridized carbons (Fsp3) is 0.467. The summed E-state index contributed by atoms with van der Waals surface area (Å²) in [5.41, 5.74) is 1.61. The third kappa shape index (κ3) is 3.66. The molecule has 0 saturated carbocycles. The molecule has 1 amide bonds. The van der Waals surface area contributed by atoms with Gasteiger partial charge in [0.15, 0.2) is 0 Å². The molecule has 9 heteroatoms. The van der Waals surface area contributed by atoms with Gasteiger partial charge >= 0.3 is 0 Å². The van der Waals surface area contributed by atoms with Crippen molar-refractivity contribution in [3.05, 3.63) is 22.6 Å². The Hall–Kier alpha value is -2.16. The lowest BCUT2D eigenvalue weighted by atomic mass is 10.2. The Morgan fingerprint density at radius 1 is 1.42 bits per heavy atom. The van der Waals surface area contributed by atoms with E-state index in [1.54, 1.807) is 24.2 Å². The zero-order valence-corrected chi connectivity index (χ0v) is 15.7. The molecule has 2 N–H and O–H groups in total. The van der Waals surface area contributed by atoms with Gasteiger partial charge in [-0.1, -0.05) is 13.8 Å². The van der Waals surface area contributed by atoms with E-state index in [0.29, 0.717) is 22.8 Å². The number of aromatic nitrogens is 4. The van der Waals surface area contributed by atoms with E-state index in [9.17, 15) is 4.79 Å². The Labute approximate surface area is 149 Å². The summed E-state index contributed by atoms with van der Waals surface area (Å²) in [7, 11) is 1.54. The summed E-state index contributed by atoms with van der Waals surface area (Å²) >= 11 is 3.31. The van der Waals surface area contributed by atoms with Gasteiger partial charge in [-0.3, -0.25) is 9.48 Å². The monoisotopic (exact) mass is 396 g/mol. The Morgan fingerprint density at radius 2 is 2.17 bits per heavy atom. The number of anilines is 2. The van der Waals surface area contributed by atoms with Crippen LogP contribution in [0.3, 0.4) is 0 Å². The number of nitrogens with one attached hydrogen (secondary N) is 2. The summed E-state index contributed by atoms with van der Waals surface area (Å²) in [5, 5.41) is 10.2. The molecule has 0 spiro atoms. The zero-order valence-electron chi connectivity index (χ0n) is 14.1. The molecule has 1 saturated heterocycles. The van der Waals surface area contributed by atoms with Gasteiger partial charge in [-0.05, 0) is 29.3 Å². The molecule has 0 aliphatic carbocycles. The third-order valence-electron chi connectivity index (χ3n) is 3.51. The second-order valence-corrected chi connectivity index (χ2v) is 5.71. The summed E-state index contributed by atoms with van der Waals surface area (Å²) in [6, 6.07) is -0.254. The highest BCUT2D eigenvalue weighted by Gasteiger charge is 2.28. The van der Waals surface area contributed by atoms with Crippen molar-refractivity contribution in [2.75, 3.05) is 19.0 Å². The number of halogens is 1. The average molecular weight is 397 g/mol. The van der Waals surface area contributed by atoms with E-state index in [-0.39, 0.29) is 11.9 Å². The lowest BCUT2D eigenvalue weighted by molar-refractivity contribution is -0.122.